The number of methoxy groups -OCH3 is 1. The second-order valence-corrected chi connectivity index (χ2v) is 18.6. The zero-order valence-electron chi connectivity index (χ0n) is 37.4. The van der Waals surface area contributed by atoms with Gasteiger partial charge >= 0.3 is 12.1 Å². The zero-order chi connectivity index (χ0) is 44.3. The standard InChI is InChI=1S/C42H67N7O10S.5CH4/c1-13-32-42(9)35(48(40(54)59-42)18-15-14-17-47-23-30(44-45-47)37-43-16-19-60-37)28(6)49(29(7)50)22-24(2)21-41(8,55-12)36(26(4)33(51)27(5)38(53)57-32)58-39-34(52)31(46(10)11)20-25(3)56-39;;;;;/h16,19,23-28,31-32,34-36,39,52H,13-15,17-18,20-22H2,1-12H3;5*1H4/t24-,25?,26+,27-,28-,31?,32-,34?,35-,36-,39+,41-,42-;;;;;/m1...../s1. The van der Waals surface area contributed by atoms with Crippen LogP contribution < -0.4 is 0 Å². The van der Waals surface area contributed by atoms with Gasteiger partial charge in [0.05, 0.1) is 36.1 Å². The number of carbonyl (C=O) groups excluding carboxylic acids is 4. The van der Waals surface area contributed by atoms with E-state index in [0.717, 1.165) is 5.01 Å². The lowest BCUT2D eigenvalue weighted by molar-refractivity contribution is -0.295. The number of ketones is 1. The molecule has 13 atom stereocenters. The average Bonchev–Trinajstić information content (AvgIpc) is 3.96. The summed E-state index contributed by atoms with van der Waals surface area (Å²) >= 11 is 1.48. The number of thiazole rings is 1. The van der Waals surface area contributed by atoms with Crippen molar-refractivity contribution in [3.63, 3.8) is 0 Å². The Labute approximate surface area is 395 Å². The summed E-state index contributed by atoms with van der Waals surface area (Å²) in [6.07, 6.45) is 1.08. The molecule has 3 aliphatic rings. The number of nitrogens with zero attached hydrogens (tertiary/aromatic N) is 7. The molecule has 5 heterocycles. The number of ether oxygens (including phenoxy) is 5. The topological polar surface area (TPSA) is 188 Å². The largest absolute Gasteiger partial charge is 0.458 e. The maximum Gasteiger partial charge on any atom is 0.410 e. The Morgan fingerprint density at radius 3 is 2.25 bits per heavy atom. The highest BCUT2D eigenvalue weighted by atomic mass is 32.1. The highest BCUT2D eigenvalue weighted by Crippen LogP contribution is 2.41. The van der Waals surface area contributed by atoms with Crippen LogP contribution in [0.1, 0.15) is 132 Å². The highest BCUT2D eigenvalue weighted by Gasteiger charge is 2.60. The number of hydrogen-bond acceptors (Lipinski definition) is 15. The van der Waals surface area contributed by atoms with Crippen molar-refractivity contribution in [2.24, 2.45) is 17.8 Å². The zero-order valence-corrected chi connectivity index (χ0v) is 38.2. The van der Waals surface area contributed by atoms with Crippen LogP contribution in [0, 0.1) is 17.8 Å². The van der Waals surface area contributed by atoms with Crippen LogP contribution in [0.5, 0.6) is 0 Å². The van der Waals surface area contributed by atoms with E-state index in [9.17, 15) is 24.3 Å². The third kappa shape index (κ3) is 13.3. The summed E-state index contributed by atoms with van der Waals surface area (Å²) in [6.45, 7) is 17.1. The molecule has 5 rings (SSSR count). The molecule has 0 aromatic carbocycles. The van der Waals surface area contributed by atoms with Crippen molar-refractivity contribution in [1.82, 2.24) is 34.7 Å². The van der Waals surface area contributed by atoms with Crippen LogP contribution in [-0.2, 0) is 44.6 Å². The first-order chi connectivity index (χ1) is 28.3. The summed E-state index contributed by atoms with van der Waals surface area (Å²) < 4.78 is 33.3. The van der Waals surface area contributed by atoms with Crippen molar-refractivity contribution in [1.29, 1.82) is 0 Å². The number of unbranched alkanes of at least 4 members (excludes halogenated alkanes) is 1. The van der Waals surface area contributed by atoms with E-state index in [1.54, 1.807) is 41.6 Å². The predicted molar refractivity (Wildman–Crippen MR) is 256 cm³/mol. The van der Waals surface area contributed by atoms with E-state index in [2.05, 4.69) is 15.3 Å². The molecule has 3 unspecified atom stereocenters. The number of fused-ring (bicyclic) bond motifs is 1. The van der Waals surface area contributed by atoms with E-state index >= 15 is 0 Å². The van der Waals surface area contributed by atoms with Crippen LogP contribution in [0.25, 0.3) is 10.7 Å². The molecular weight excluding hydrogens is 855 g/mol. The number of amides is 2. The third-order valence-corrected chi connectivity index (χ3v) is 13.7. The fraction of sp³-hybridized carbons (Fsp3) is 0.809. The molecule has 3 aliphatic heterocycles. The van der Waals surface area contributed by atoms with Crippen LogP contribution in [0.15, 0.2) is 17.8 Å². The molecule has 2 aromatic rings. The first kappa shape index (κ1) is 61.5. The van der Waals surface area contributed by atoms with Crippen LogP contribution in [0.2, 0.25) is 0 Å². The van der Waals surface area contributed by atoms with Gasteiger partial charge in [0.25, 0.3) is 0 Å². The molecule has 0 radical (unpaired) electrons. The first-order valence-corrected chi connectivity index (χ1v) is 22.2. The molecular formula is C47H87N7O10S. The normalized spacial score (nSPS) is 33.3. The number of aryl methyl sites for hydroxylation is 1. The van der Waals surface area contributed by atoms with E-state index in [1.165, 1.54) is 25.2 Å². The van der Waals surface area contributed by atoms with Crippen molar-refractivity contribution in [3.05, 3.63) is 17.8 Å². The average molecular weight is 942 g/mol. The van der Waals surface area contributed by atoms with Gasteiger partial charge in [0.15, 0.2) is 17.7 Å². The summed E-state index contributed by atoms with van der Waals surface area (Å²) in [6, 6.07) is -1.58. The van der Waals surface area contributed by atoms with Gasteiger partial charge in [0.2, 0.25) is 5.91 Å². The molecule has 0 spiro atoms. The smallest absolute Gasteiger partial charge is 0.410 e. The molecule has 3 saturated heterocycles. The van der Waals surface area contributed by atoms with Gasteiger partial charge < -0.3 is 38.6 Å². The van der Waals surface area contributed by atoms with Crippen LogP contribution in [0.4, 0.5) is 4.79 Å². The molecule has 65 heavy (non-hydrogen) atoms. The van der Waals surface area contributed by atoms with Gasteiger partial charge in [-0.2, -0.15) is 0 Å². The van der Waals surface area contributed by atoms with E-state index < -0.39 is 77.6 Å². The molecule has 0 saturated carbocycles. The lowest BCUT2D eigenvalue weighted by atomic mass is 9.78. The summed E-state index contributed by atoms with van der Waals surface area (Å²) in [4.78, 5) is 65.9. The van der Waals surface area contributed by atoms with Crippen LogP contribution in [0.3, 0.4) is 0 Å². The first-order valence-electron chi connectivity index (χ1n) is 21.3. The number of likely N-dealkylation sites (N-methyl/N-ethyl adjacent to an activating group) is 1. The Bertz CT molecular complexity index is 1780. The Morgan fingerprint density at radius 2 is 1.68 bits per heavy atom. The van der Waals surface area contributed by atoms with Crippen molar-refractivity contribution in [2.75, 3.05) is 34.3 Å². The number of hydrogen-bond donors (Lipinski definition) is 1. The molecule has 2 amide bonds. The number of carbonyl (C=O) groups is 4. The number of aromatic nitrogens is 4. The molecule has 376 valence electrons. The SMILES string of the molecule is C.C.C.C.C.CC[C@H]1OC(=O)[C@H](C)C(=O)[C@H](C)[C@@H](O[C@@H]2OC(C)CC(N(C)C)C2O)[C@](C)(OC)C[C@@H](C)CN(C(C)=O)[C@H](C)[C@H]2N(CCCCn3cc(-c4nccs4)nn3)C(=O)O[C@]12C. The van der Waals surface area contributed by atoms with Crippen molar-refractivity contribution in [3.8, 4) is 10.7 Å². The van der Waals surface area contributed by atoms with Crippen molar-refractivity contribution >= 4 is 35.1 Å². The van der Waals surface area contributed by atoms with Gasteiger partial charge in [-0.25, -0.2) is 9.78 Å². The van der Waals surface area contributed by atoms with Gasteiger partial charge in [-0.05, 0) is 86.7 Å². The van der Waals surface area contributed by atoms with Gasteiger partial charge in [-0.15, -0.1) is 16.4 Å². The predicted octanol–water partition coefficient (Wildman–Crippen LogP) is 7.60. The van der Waals surface area contributed by atoms with Gasteiger partial charge in [0, 0.05) is 57.2 Å². The van der Waals surface area contributed by atoms with E-state index in [-0.39, 0.29) is 74.1 Å². The number of Topliss-reactive ketones (excluding diaryl/α,β-unsaturated/α-hetero) is 1. The molecule has 17 nitrogen and oxygen atoms in total. The molecule has 3 fully saturated rings. The van der Waals surface area contributed by atoms with Crippen LogP contribution >= 0.6 is 11.3 Å². The number of aliphatic hydroxyl groups is 1. The summed E-state index contributed by atoms with van der Waals surface area (Å²) in [7, 11) is 5.31. The van der Waals surface area contributed by atoms with Crippen molar-refractivity contribution in [2.45, 2.75) is 198 Å². The van der Waals surface area contributed by atoms with Crippen molar-refractivity contribution < 1.29 is 48.0 Å². The third-order valence-electron chi connectivity index (χ3n) is 12.9. The van der Waals surface area contributed by atoms with Gasteiger partial charge in [0.1, 0.15) is 28.8 Å². The summed E-state index contributed by atoms with van der Waals surface area (Å²) in [5.74, 6) is -3.81. The number of rotatable bonds is 11. The molecule has 18 heteroatoms. The summed E-state index contributed by atoms with van der Waals surface area (Å²) in [5.41, 5.74) is -1.86. The van der Waals surface area contributed by atoms with E-state index in [4.69, 9.17) is 23.7 Å². The highest BCUT2D eigenvalue weighted by molar-refractivity contribution is 7.13. The minimum Gasteiger partial charge on any atom is -0.458 e. The fourth-order valence-electron chi connectivity index (χ4n) is 9.62. The second-order valence-electron chi connectivity index (χ2n) is 17.7. The van der Waals surface area contributed by atoms with Gasteiger partial charge in [-0.1, -0.05) is 63.1 Å². The second kappa shape index (κ2) is 25.5. The monoisotopic (exact) mass is 942 g/mol. The molecule has 2 aromatic heterocycles. The molecule has 1 N–H and O–H groups in total. The summed E-state index contributed by atoms with van der Waals surface area (Å²) in [5, 5.41) is 22.6. The number of cyclic esters (lactones) is 1. The molecule has 0 aliphatic carbocycles. The number of aliphatic hydroxyl groups excluding tert-OH is 1. The van der Waals surface area contributed by atoms with E-state index in [0.29, 0.717) is 44.5 Å². The Hall–Kier alpha value is -3.55. The lowest BCUT2D eigenvalue weighted by Gasteiger charge is -2.47. The fourth-order valence-corrected chi connectivity index (χ4v) is 10.2. The lowest BCUT2D eigenvalue weighted by Crippen LogP contribution is -2.62. The Morgan fingerprint density at radius 1 is 1.03 bits per heavy atom. The maximum atomic E-state index is 14.5. The Kier molecular flexibility index (Phi) is 24.2. The number of esters is 1. The van der Waals surface area contributed by atoms with Gasteiger partial charge in [-0.3, -0.25) is 24.0 Å². The minimum atomic E-state index is -1.39. The minimum absolute atomic E-state index is 0. The quantitative estimate of drug-likeness (QED) is 0.132. The molecule has 0 bridgehead atoms. The van der Waals surface area contributed by atoms with E-state index in [1.807, 2.05) is 65.2 Å². The maximum absolute atomic E-state index is 14.5. The van der Waals surface area contributed by atoms with Crippen LogP contribution in [-0.4, -0.2) is 158 Å². The Balaban J connectivity index is 0.00000819.